The van der Waals surface area contributed by atoms with Gasteiger partial charge in [0.15, 0.2) is 0 Å². The largest absolute Gasteiger partial charge is 0.373 e. The molecule has 1 aromatic rings. The first-order chi connectivity index (χ1) is 8.78. The number of imidazole rings is 1. The van der Waals surface area contributed by atoms with E-state index in [1.54, 1.807) is 0 Å². The number of nitrogens with zero attached hydrogens (tertiary/aromatic N) is 3. The highest BCUT2D eigenvalue weighted by atomic mass is 16.3. The van der Waals surface area contributed by atoms with Gasteiger partial charge in [-0.1, -0.05) is 6.92 Å². The van der Waals surface area contributed by atoms with Crippen LogP contribution in [-0.4, -0.2) is 39.2 Å². The summed E-state index contributed by atoms with van der Waals surface area (Å²) in [6, 6.07) is 0. The molecule has 1 N–H and O–H groups in total. The first-order valence-corrected chi connectivity index (χ1v) is 7.26. The van der Waals surface area contributed by atoms with Crippen molar-refractivity contribution >= 4 is 0 Å². The van der Waals surface area contributed by atoms with Crippen LogP contribution in [0.1, 0.15) is 56.3 Å². The molecule has 4 heteroatoms. The predicted octanol–water partition coefficient (Wildman–Crippen LogP) is 1.91. The molecule has 0 radical (unpaired) electrons. The van der Waals surface area contributed by atoms with Gasteiger partial charge in [0, 0.05) is 18.5 Å². The molecule has 100 valence electrons. The Kier molecular flexibility index (Phi) is 3.39. The Morgan fingerprint density at radius 1 is 1.33 bits per heavy atom. The van der Waals surface area contributed by atoms with E-state index in [9.17, 15) is 5.11 Å². The van der Waals surface area contributed by atoms with E-state index in [0.717, 1.165) is 31.6 Å². The third-order valence-corrected chi connectivity index (χ3v) is 4.46. The molecule has 0 bridgehead atoms. The quantitative estimate of drug-likeness (QED) is 0.870. The molecule has 0 saturated carbocycles. The molecular weight excluding hydrogens is 226 g/mol. The normalized spacial score (nSPS) is 26.2. The SMILES string of the molecule is CCN1CCC(c2cn3c(n2)CCCC3O)CC1. The van der Waals surface area contributed by atoms with Crippen LogP contribution in [0.5, 0.6) is 0 Å². The van der Waals surface area contributed by atoms with Crippen LogP contribution in [0.15, 0.2) is 6.20 Å². The van der Waals surface area contributed by atoms with Crippen LogP contribution >= 0.6 is 0 Å². The third-order valence-electron chi connectivity index (χ3n) is 4.46. The maximum absolute atomic E-state index is 9.97. The highest BCUT2D eigenvalue weighted by Gasteiger charge is 2.25. The minimum Gasteiger partial charge on any atom is -0.373 e. The molecule has 3 rings (SSSR count). The fraction of sp³-hybridized carbons (Fsp3) is 0.786. The lowest BCUT2D eigenvalue weighted by Crippen LogP contribution is -2.32. The van der Waals surface area contributed by atoms with Gasteiger partial charge in [-0.2, -0.15) is 0 Å². The topological polar surface area (TPSA) is 41.3 Å². The van der Waals surface area contributed by atoms with E-state index >= 15 is 0 Å². The number of aliphatic hydroxyl groups excluding tert-OH is 1. The minimum absolute atomic E-state index is 0.342. The zero-order valence-corrected chi connectivity index (χ0v) is 11.2. The molecule has 3 heterocycles. The number of hydrogen-bond acceptors (Lipinski definition) is 3. The average Bonchev–Trinajstić information content (AvgIpc) is 2.84. The van der Waals surface area contributed by atoms with Gasteiger partial charge < -0.3 is 14.6 Å². The maximum Gasteiger partial charge on any atom is 0.131 e. The van der Waals surface area contributed by atoms with Gasteiger partial charge in [-0.3, -0.25) is 0 Å². The molecule has 18 heavy (non-hydrogen) atoms. The summed E-state index contributed by atoms with van der Waals surface area (Å²) in [4.78, 5) is 7.26. The number of aliphatic hydroxyl groups is 1. The molecule has 0 amide bonds. The highest BCUT2D eigenvalue weighted by molar-refractivity contribution is 5.13. The molecule has 1 unspecified atom stereocenters. The number of piperidine rings is 1. The Labute approximate surface area is 109 Å². The summed E-state index contributed by atoms with van der Waals surface area (Å²) in [7, 11) is 0. The molecule has 1 fully saturated rings. The van der Waals surface area contributed by atoms with Crippen molar-refractivity contribution in [3.05, 3.63) is 17.7 Å². The predicted molar refractivity (Wildman–Crippen MR) is 70.5 cm³/mol. The molecule has 1 aromatic heterocycles. The Bertz CT molecular complexity index is 407. The number of aromatic nitrogens is 2. The Balaban J connectivity index is 1.74. The molecule has 1 saturated heterocycles. The Morgan fingerprint density at radius 2 is 2.11 bits per heavy atom. The molecule has 4 nitrogen and oxygen atoms in total. The second kappa shape index (κ2) is 5.02. The van der Waals surface area contributed by atoms with Gasteiger partial charge >= 0.3 is 0 Å². The Morgan fingerprint density at radius 3 is 2.78 bits per heavy atom. The van der Waals surface area contributed by atoms with Crippen molar-refractivity contribution in [1.82, 2.24) is 14.5 Å². The first-order valence-electron chi connectivity index (χ1n) is 7.26. The van der Waals surface area contributed by atoms with Gasteiger partial charge in [0.2, 0.25) is 0 Å². The summed E-state index contributed by atoms with van der Waals surface area (Å²) in [5.41, 5.74) is 1.21. The fourth-order valence-electron chi connectivity index (χ4n) is 3.22. The van der Waals surface area contributed by atoms with Gasteiger partial charge in [0.05, 0.1) is 5.69 Å². The molecular formula is C14H23N3O. The highest BCUT2D eigenvalue weighted by Crippen LogP contribution is 2.30. The zero-order chi connectivity index (χ0) is 12.5. The zero-order valence-electron chi connectivity index (χ0n) is 11.2. The van der Waals surface area contributed by atoms with Crippen LogP contribution in [0.4, 0.5) is 0 Å². The monoisotopic (exact) mass is 249 g/mol. The van der Waals surface area contributed by atoms with Gasteiger partial charge in [-0.05, 0) is 45.3 Å². The van der Waals surface area contributed by atoms with Crippen molar-refractivity contribution in [2.75, 3.05) is 19.6 Å². The lowest BCUT2D eigenvalue weighted by atomic mass is 9.94. The second-order valence-corrected chi connectivity index (χ2v) is 5.57. The summed E-state index contributed by atoms with van der Waals surface area (Å²) >= 11 is 0. The minimum atomic E-state index is -0.342. The standard InChI is InChI=1S/C14H23N3O/c1-2-16-8-6-11(7-9-16)12-10-17-13(15-12)4-3-5-14(17)18/h10-11,14,18H,2-9H2,1H3. The van der Waals surface area contributed by atoms with Crippen LogP contribution < -0.4 is 0 Å². The van der Waals surface area contributed by atoms with Gasteiger partial charge in [0.25, 0.3) is 0 Å². The van der Waals surface area contributed by atoms with E-state index in [-0.39, 0.29) is 6.23 Å². The van der Waals surface area contributed by atoms with Crippen LogP contribution in [0.3, 0.4) is 0 Å². The molecule has 1 atom stereocenters. The fourth-order valence-corrected chi connectivity index (χ4v) is 3.22. The van der Waals surface area contributed by atoms with Gasteiger partial charge in [0.1, 0.15) is 12.1 Å². The van der Waals surface area contributed by atoms with Crippen molar-refractivity contribution in [2.24, 2.45) is 0 Å². The van der Waals surface area contributed by atoms with Crippen molar-refractivity contribution in [3.8, 4) is 0 Å². The molecule has 0 aliphatic carbocycles. The maximum atomic E-state index is 9.97. The summed E-state index contributed by atoms with van der Waals surface area (Å²) in [6.07, 6.45) is 7.13. The van der Waals surface area contributed by atoms with E-state index in [4.69, 9.17) is 4.98 Å². The number of rotatable bonds is 2. The van der Waals surface area contributed by atoms with Crippen LogP contribution in [0, 0.1) is 0 Å². The van der Waals surface area contributed by atoms with Crippen molar-refractivity contribution < 1.29 is 5.11 Å². The molecule has 2 aliphatic rings. The van der Waals surface area contributed by atoms with E-state index in [0.29, 0.717) is 5.92 Å². The summed E-state index contributed by atoms with van der Waals surface area (Å²) < 4.78 is 1.99. The van der Waals surface area contributed by atoms with Crippen LogP contribution in [0.2, 0.25) is 0 Å². The summed E-state index contributed by atoms with van der Waals surface area (Å²) in [5, 5.41) is 9.97. The van der Waals surface area contributed by atoms with E-state index < -0.39 is 0 Å². The van der Waals surface area contributed by atoms with Crippen molar-refractivity contribution in [1.29, 1.82) is 0 Å². The summed E-state index contributed by atoms with van der Waals surface area (Å²) in [6.45, 7) is 5.76. The van der Waals surface area contributed by atoms with E-state index in [1.165, 1.54) is 31.6 Å². The lowest BCUT2D eigenvalue weighted by Gasteiger charge is -2.30. The second-order valence-electron chi connectivity index (χ2n) is 5.57. The number of fused-ring (bicyclic) bond motifs is 1. The number of likely N-dealkylation sites (tertiary alicyclic amines) is 1. The van der Waals surface area contributed by atoms with E-state index in [2.05, 4.69) is 18.0 Å². The molecule has 0 spiro atoms. The summed E-state index contributed by atoms with van der Waals surface area (Å²) in [5.74, 6) is 1.68. The van der Waals surface area contributed by atoms with Gasteiger partial charge in [-0.15, -0.1) is 0 Å². The lowest BCUT2D eigenvalue weighted by molar-refractivity contribution is 0.0780. The van der Waals surface area contributed by atoms with Gasteiger partial charge in [-0.25, -0.2) is 4.98 Å². The smallest absolute Gasteiger partial charge is 0.131 e. The van der Waals surface area contributed by atoms with E-state index in [1.807, 2.05) is 4.57 Å². The molecule has 0 aromatic carbocycles. The number of hydrogen-bond donors (Lipinski definition) is 1. The third kappa shape index (κ3) is 2.19. The Hall–Kier alpha value is -0.870. The first kappa shape index (κ1) is 12.2. The van der Waals surface area contributed by atoms with Crippen molar-refractivity contribution in [3.63, 3.8) is 0 Å². The molecule has 2 aliphatic heterocycles. The average molecular weight is 249 g/mol. The number of aryl methyl sites for hydroxylation is 1. The van der Waals surface area contributed by atoms with Crippen LogP contribution in [-0.2, 0) is 6.42 Å². The van der Waals surface area contributed by atoms with Crippen LogP contribution in [0.25, 0.3) is 0 Å². The van der Waals surface area contributed by atoms with Crippen molar-refractivity contribution in [2.45, 2.75) is 51.2 Å².